The van der Waals surface area contributed by atoms with Crippen molar-refractivity contribution < 1.29 is 22.8 Å². The lowest BCUT2D eigenvalue weighted by Crippen LogP contribution is -2.41. The number of hydrogen-bond donors (Lipinski definition) is 3. The monoisotopic (exact) mass is 452 g/mol. The van der Waals surface area contributed by atoms with Crippen molar-refractivity contribution in [3.63, 3.8) is 0 Å². The normalized spacial score (nSPS) is 10.9. The largest absolute Gasteiger partial charge is 0.295 e. The number of sulfonamides is 1. The summed E-state index contributed by atoms with van der Waals surface area (Å²) in [7, 11) is -3.77. The number of hydrazine groups is 1. The third kappa shape index (κ3) is 5.84. The SMILES string of the molecule is CC(=O)c1ccc(S(=O)(=O)NCc2ccc(C(=O)NNC(=O)c3ccccn3)cc2)cc1. The lowest BCUT2D eigenvalue weighted by atomic mass is 10.1. The minimum absolute atomic E-state index is 0.00903. The van der Waals surface area contributed by atoms with Gasteiger partial charge in [-0.3, -0.25) is 30.2 Å². The van der Waals surface area contributed by atoms with E-state index in [1.54, 1.807) is 24.3 Å². The van der Waals surface area contributed by atoms with Gasteiger partial charge >= 0.3 is 0 Å². The van der Waals surface area contributed by atoms with Crippen LogP contribution in [0.5, 0.6) is 0 Å². The average molecular weight is 452 g/mol. The Morgan fingerprint density at radius 2 is 1.44 bits per heavy atom. The predicted molar refractivity (Wildman–Crippen MR) is 116 cm³/mol. The first-order valence-electron chi connectivity index (χ1n) is 9.47. The fourth-order valence-corrected chi connectivity index (χ4v) is 3.67. The minimum atomic E-state index is -3.77. The summed E-state index contributed by atoms with van der Waals surface area (Å²) in [5.41, 5.74) is 6.05. The molecule has 0 saturated heterocycles. The van der Waals surface area contributed by atoms with Crippen LogP contribution in [0.2, 0.25) is 0 Å². The molecule has 1 heterocycles. The van der Waals surface area contributed by atoms with E-state index >= 15 is 0 Å². The molecule has 0 atom stereocenters. The van der Waals surface area contributed by atoms with Crippen LogP contribution in [-0.4, -0.2) is 31.0 Å². The molecule has 0 aliphatic heterocycles. The maximum atomic E-state index is 12.4. The molecular formula is C22H20N4O5S. The second kappa shape index (κ2) is 9.94. The maximum Gasteiger partial charge on any atom is 0.288 e. The van der Waals surface area contributed by atoms with Gasteiger partial charge < -0.3 is 0 Å². The molecule has 3 rings (SSSR count). The first-order chi connectivity index (χ1) is 15.3. The highest BCUT2D eigenvalue weighted by Gasteiger charge is 2.15. The molecule has 3 aromatic rings. The molecule has 2 amide bonds. The van der Waals surface area contributed by atoms with E-state index in [-0.39, 0.29) is 28.5 Å². The van der Waals surface area contributed by atoms with Gasteiger partial charge in [-0.2, -0.15) is 0 Å². The summed E-state index contributed by atoms with van der Waals surface area (Å²) in [5.74, 6) is -1.24. The van der Waals surface area contributed by atoms with E-state index in [4.69, 9.17) is 0 Å². The van der Waals surface area contributed by atoms with Crippen molar-refractivity contribution in [2.75, 3.05) is 0 Å². The van der Waals surface area contributed by atoms with E-state index in [0.717, 1.165) is 0 Å². The van der Waals surface area contributed by atoms with Gasteiger partial charge in [0.15, 0.2) is 5.78 Å². The number of nitrogens with zero attached hydrogens (tertiary/aromatic N) is 1. The Morgan fingerprint density at radius 1 is 0.812 bits per heavy atom. The standard InChI is InChI=1S/C22H20N4O5S/c1-15(27)17-9-11-19(12-10-17)32(30,31)24-14-16-5-7-18(8-6-16)21(28)25-26-22(29)20-4-2-3-13-23-20/h2-13,24H,14H2,1H3,(H,25,28)(H,26,29). The number of carbonyl (C=O) groups is 3. The maximum absolute atomic E-state index is 12.4. The molecular weight excluding hydrogens is 432 g/mol. The van der Waals surface area contributed by atoms with E-state index in [2.05, 4.69) is 20.6 Å². The van der Waals surface area contributed by atoms with E-state index in [1.165, 1.54) is 55.6 Å². The number of nitrogens with one attached hydrogen (secondary N) is 3. The zero-order valence-electron chi connectivity index (χ0n) is 17.0. The molecule has 9 nitrogen and oxygen atoms in total. The molecule has 2 aromatic carbocycles. The molecule has 0 saturated carbocycles. The third-order valence-corrected chi connectivity index (χ3v) is 5.86. The van der Waals surface area contributed by atoms with E-state index in [1.807, 2.05) is 0 Å². The number of hydrogen-bond acceptors (Lipinski definition) is 6. The summed E-state index contributed by atoms with van der Waals surface area (Å²) >= 11 is 0. The first kappa shape index (κ1) is 22.8. The molecule has 1 aromatic heterocycles. The van der Waals surface area contributed by atoms with Crippen molar-refractivity contribution in [2.45, 2.75) is 18.4 Å². The molecule has 0 fully saturated rings. The Morgan fingerprint density at radius 3 is 2.03 bits per heavy atom. The van der Waals surface area contributed by atoms with Crippen LogP contribution in [0, 0.1) is 0 Å². The highest BCUT2D eigenvalue weighted by atomic mass is 32.2. The molecule has 10 heteroatoms. The molecule has 0 radical (unpaired) electrons. The molecule has 164 valence electrons. The fraction of sp³-hybridized carbons (Fsp3) is 0.0909. The molecule has 0 spiro atoms. The van der Waals surface area contributed by atoms with Crippen molar-refractivity contribution in [1.82, 2.24) is 20.6 Å². The Hall–Kier alpha value is -3.89. The van der Waals surface area contributed by atoms with Gasteiger partial charge in [-0.25, -0.2) is 13.1 Å². The van der Waals surface area contributed by atoms with Gasteiger partial charge in [-0.1, -0.05) is 30.3 Å². The molecule has 32 heavy (non-hydrogen) atoms. The second-order valence-corrected chi connectivity index (χ2v) is 8.49. The lowest BCUT2D eigenvalue weighted by molar-refractivity contribution is 0.0844. The topological polar surface area (TPSA) is 134 Å². The summed E-state index contributed by atoms with van der Waals surface area (Å²) in [6, 6.07) is 16.7. The van der Waals surface area contributed by atoms with Gasteiger partial charge in [0.25, 0.3) is 11.8 Å². The Labute approximate surface area is 184 Å². The number of rotatable bonds is 7. The van der Waals surface area contributed by atoms with Crippen LogP contribution in [0.3, 0.4) is 0 Å². The summed E-state index contributed by atoms with van der Waals surface area (Å²) in [4.78, 5) is 39.3. The van der Waals surface area contributed by atoms with Crippen molar-refractivity contribution in [1.29, 1.82) is 0 Å². The average Bonchev–Trinajstić information content (AvgIpc) is 2.82. The van der Waals surface area contributed by atoms with Crippen LogP contribution < -0.4 is 15.6 Å². The van der Waals surface area contributed by atoms with Gasteiger partial charge in [0.1, 0.15) is 5.69 Å². The molecule has 0 unspecified atom stereocenters. The number of Topliss-reactive ketones (excluding diaryl/α,β-unsaturated/α-hetero) is 1. The summed E-state index contributed by atoms with van der Waals surface area (Å²) in [6.07, 6.45) is 1.46. The third-order valence-electron chi connectivity index (χ3n) is 4.44. The Bertz CT molecular complexity index is 1230. The van der Waals surface area contributed by atoms with Crippen molar-refractivity contribution in [2.24, 2.45) is 0 Å². The van der Waals surface area contributed by atoms with Gasteiger partial charge in [-0.15, -0.1) is 0 Å². The van der Waals surface area contributed by atoms with Gasteiger partial charge in [-0.05, 0) is 48.9 Å². The quantitative estimate of drug-likeness (QED) is 0.370. The number of aromatic nitrogens is 1. The number of carbonyl (C=O) groups excluding carboxylic acids is 3. The number of pyridine rings is 1. The second-order valence-electron chi connectivity index (χ2n) is 6.73. The number of amides is 2. The van der Waals surface area contributed by atoms with Crippen molar-refractivity contribution in [3.8, 4) is 0 Å². The Kier molecular flexibility index (Phi) is 7.08. The van der Waals surface area contributed by atoms with Crippen molar-refractivity contribution in [3.05, 3.63) is 95.3 Å². The molecule has 0 bridgehead atoms. The van der Waals surface area contributed by atoms with Gasteiger partial charge in [0.2, 0.25) is 10.0 Å². The van der Waals surface area contributed by atoms with Crippen LogP contribution in [0.1, 0.15) is 43.7 Å². The van der Waals surface area contributed by atoms with Gasteiger partial charge in [0, 0.05) is 23.9 Å². The van der Waals surface area contributed by atoms with Crippen LogP contribution in [0.15, 0.2) is 77.8 Å². The van der Waals surface area contributed by atoms with Crippen LogP contribution in [-0.2, 0) is 16.6 Å². The summed E-state index contributed by atoms with van der Waals surface area (Å²) in [6.45, 7) is 1.41. The molecule has 0 aliphatic rings. The highest BCUT2D eigenvalue weighted by molar-refractivity contribution is 7.89. The van der Waals surface area contributed by atoms with Crippen LogP contribution >= 0.6 is 0 Å². The van der Waals surface area contributed by atoms with E-state index in [0.29, 0.717) is 11.1 Å². The smallest absolute Gasteiger partial charge is 0.288 e. The van der Waals surface area contributed by atoms with Crippen LogP contribution in [0.25, 0.3) is 0 Å². The van der Waals surface area contributed by atoms with Crippen molar-refractivity contribution >= 4 is 27.6 Å². The van der Waals surface area contributed by atoms with Gasteiger partial charge in [0.05, 0.1) is 4.90 Å². The fourth-order valence-electron chi connectivity index (χ4n) is 2.65. The Balaban J connectivity index is 1.55. The van der Waals surface area contributed by atoms with E-state index in [9.17, 15) is 22.8 Å². The number of benzene rings is 2. The lowest BCUT2D eigenvalue weighted by Gasteiger charge is -2.09. The molecule has 3 N–H and O–H groups in total. The van der Waals surface area contributed by atoms with E-state index < -0.39 is 21.8 Å². The summed E-state index contributed by atoms with van der Waals surface area (Å²) in [5, 5.41) is 0. The van der Waals surface area contributed by atoms with Crippen LogP contribution in [0.4, 0.5) is 0 Å². The predicted octanol–water partition coefficient (Wildman–Crippen LogP) is 1.84. The molecule has 0 aliphatic carbocycles. The zero-order chi connectivity index (χ0) is 23.1. The minimum Gasteiger partial charge on any atom is -0.295 e. The first-order valence-corrected chi connectivity index (χ1v) is 11.0. The number of ketones is 1. The summed E-state index contributed by atoms with van der Waals surface area (Å²) < 4.78 is 27.3. The highest BCUT2D eigenvalue weighted by Crippen LogP contribution is 2.12. The zero-order valence-corrected chi connectivity index (χ0v) is 17.8.